The summed E-state index contributed by atoms with van der Waals surface area (Å²) in [6, 6.07) is 16.5. The van der Waals surface area contributed by atoms with Crippen molar-refractivity contribution in [2.45, 2.75) is 25.2 Å². The van der Waals surface area contributed by atoms with Crippen LogP contribution in [0.4, 0.5) is 0 Å². The Balaban J connectivity index is 1.61. The van der Waals surface area contributed by atoms with Gasteiger partial charge in [-0.3, -0.25) is 9.59 Å². The lowest BCUT2D eigenvalue weighted by Crippen LogP contribution is -2.50. The first kappa shape index (κ1) is 19.7. The molecule has 0 radical (unpaired) electrons. The van der Waals surface area contributed by atoms with Crippen molar-refractivity contribution in [2.75, 3.05) is 26.3 Å². The first-order valence-corrected chi connectivity index (χ1v) is 9.48. The van der Waals surface area contributed by atoms with Gasteiger partial charge in [-0.05, 0) is 37.5 Å². The predicted octanol–water partition coefficient (Wildman–Crippen LogP) is 3.11. The van der Waals surface area contributed by atoms with Crippen LogP contribution in [0, 0.1) is 0 Å². The van der Waals surface area contributed by atoms with Crippen molar-refractivity contribution in [3.8, 4) is 11.5 Å². The van der Waals surface area contributed by atoms with E-state index in [1.54, 1.807) is 17.0 Å². The Labute approximate surface area is 164 Å². The average Bonchev–Trinajstić information content (AvgIpc) is 2.73. The highest BCUT2D eigenvalue weighted by molar-refractivity contribution is 5.83. The van der Waals surface area contributed by atoms with Gasteiger partial charge < -0.3 is 19.5 Å². The lowest BCUT2D eigenvalue weighted by Gasteiger charge is -2.39. The molecule has 3 rings (SSSR count). The standard InChI is InChI=1S/C22H25NO5/c1-2-27-18-10-6-7-11-19(18)28-16-20(24)23-14-12-22(13-15-23,21(25)26)17-8-4-3-5-9-17/h3-11H,2,12-16H2,1H3,(H,25,26). The maximum Gasteiger partial charge on any atom is 0.314 e. The zero-order chi connectivity index (χ0) is 20.0. The van der Waals surface area contributed by atoms with E-state index in [-0.39, 0.29) is 12.5 Å². The minimum Gasteiger partial charge on any atom is -0.490 e. The molecular weight excluding hydrogens is 358 g/mol. The molecule has 28 heavy (non-hydrogen) atoms. The van der Waals surface area contributed by atoms with Gasteiger partial charge in [0.1, 0.15) is 0 Å². The van der Waals surface area contributed by atoms with E-state index in [2.05, 4.69) is 0 Å². The Morgan fingerprint density at radius 1 is 0.964 bits per heavy atom. The second-order valence-electron chi connectivity index (χ2n) is 6.80. The molecule has 2 aromatic rings. The van der Waals surface area contributed by atoms with Gasteiger partial charge in [0.05, 0.1) is 12.0 Å². The third-order valence-electron chi connectivity index (χ3n) is 5.21. The van der Waals surface area contributed by atoms with E-state index >= 15 is 0 Å². The quantitative estimate of drug-likeness (QED) is 0.795. The summed E-state index contributed by atoms with van der Waals surface area (Å²) in [7, 11) is 0. The molecule has 2 aromatic carbocycles. The molecule has 6 nitrogen and oxygen atoms in total. The lowest BCUT2D eigenvalue weighted by molar-refractivity contribution is -0.148. The fraction of sp³-hybridized carbons (Fsp3) is 0.364. The van der Waals surface area contributed by atoms with Gasteiger partial charge in [0.15, 0.2) is 18.1 Å². The highest BCUT2D eigenvalue weighted by Crippen LogP contribution is 2.36. The fourth-order valence-electron chi connectivity index (χ4n) is 3.60. The van der Waals surface area contributed by atoms with Crippen molar-refractivity contribution in [1.29, 1.82) is 0 Å². The Kier molecular flexibility index (Phi) is 6.19. The number of piperidine rings is 1. The number of carboxylic acids is 1. The minimum atomic E-state index is -0.944. The van der Waals surface area contributed by atoms with Gasteiger partial charge in [0, 0.05) is 13.1 Å². The second kappa shape index (κ2) is 8.78. The Hall–Kier alpha value is -3.02. The highest BCUT2D eigenvalue weighted by atomic mass is 16.5. The Bertz CT molecular complexity index is 813. The number of benzene rings is 2. The molecule has 0 aliphatic carbocycles. The Morgan fingerprint density at radius 2 is 1.54 bits per heavy atom. The number of carbonyl (C=O) groups is 2. The van der Waals surface area contributed by atoms with Crippen LogP contribution in [0.15, 0.2) is 54.6 Å². The van der Waals surface area contributed by atoms with Gasteiger partial charge in [0.25, 0.3) is 5.91 Å². The molecule has 0 spiro atoms. The first-order chi connectivity index (χ1) is 13.6. The number of hydrogen-bond donors (Lipinski definition) is 1. The number of likely N-dealkylation sites (tertiary alicyclic amines) is 1. The van der Waals surface area contributed by atoms with Crippen LogP contribution in [-0.2, 0) is 15.0 Å². The summed E-state index contributed by atoms with van der Waals surface area (Å²) in [5, 5.41) is 9.86. The number of carbonyl (C=O) groups excluding carboxylic acids is 1. The molecule has 0 aromatic heterocycles. The van der Waals surface area contributed by atoms with Crippen LogP contribution in [0.2, 0.25) is 0 Å². The molecule has 148 valence electrons. The number of aliphatic carboxylic acids is 1. The number of rotatable bonds is 7. The molecule has 1 aliphatic heterocycles. The van der Waals surface area contributed by atoms with Crippen LogP contribution in [0.3, 0.4) is 0 Å². The number of nitrogens with zero attached hydrogens (tertiary/aromatic N) is 1. The van der Waals surface area contributed by atoms with Gasteiger partial charge in [-0.1, -0.05) is 42.5 Å². The molecule has 0 atom stereocenters. The third-order valence-corrected chi connectivity index (χ3v) is 5.21. The smallest absolute Gasteiger partial charge is 0.314 e. The molecule has 6 heteroatoms. The van der Waals surface area contributed by atoms with E-state index in [9.17, 15) is 14.7 Å². The fourth-order valence-corrected chi connectivity index (χ4v) is 3.60. The lowest BCUT2D eigenvalue weighted by atomic mass is 9.73. The molecular formula is C22H25NO5. The van der Waals surface area contributed by atoms with Crippen LogP contribution in [0.1, 0.15) is 25.3 Å². The number of amides is 1. The van der Waals surface area contributed by atoms with E-state index in [0.717, 1.165) is 5.56 Å². The van der Waals surface area contributed by atoms with Crippen molar-refractivity contribution >= 4 is 11.9 Å². The van der Waals surface area contributed by atoms with Crippen LogP contribution in [-0.4, -0.2) is 48.2 Å². The van der Waals surface area contributed by atoms with Crippen LogP contribution in [0.5, 0.6) is 11.5 Å². The number of para-hydroxylation sites is 2. The highest BCUT2D eigenvalue weighted by Gasteiger charge is 2.43. The maximum absolute atomic E-state index is 12.6. The summed E-state index contributed by atoms with van der Waals surface area (Å²) in [5.74, 6) is 0.135. The van der Waals surface area contributed by atoms with E-state index in [0.29, 0.717) is 44.0 Å². The minimum absolute atomic E-state index is 0.102. The monoisotopic (exact) mass is 383 g/mol. The molecule has 1 saturated heterocycles. The van der Waals surface area contributed by atoms with Crippen molar-refractivity contribution in [3.63, 3.8) is 0 Å². The summed E-state index contributed by atoms with van der Waals surface area (Å²) >= 11 is 0. The zero-order valence-electron chi connectivity index (χ0n) is 16.0. The number of ether oxygens (including phenoxy) is 2. The molecule has 1 aliphatic rings. The molecule has 1 heterocycles. The summed E-state index contributed by atoms with van der Waals surface area (Å²) < 4.78 is 11.2. The average molecular weight is 383 g/mol. The molecule has 1 fully saturated rings. The van der Waals surface area contributed by atoms with E-state index < -0.39 is 11.4 Å². The van der Waals surface area contributed by atoms with Gasteiger partial charge in [0.2, 0.25) is 0 Å². The summed E-state index contributed by atoms with van der Waals surface area (Å²) in [6.07, 6.45) is 0.765. The molecule has 0 unspecified atom stereocenters. The molecule has 0 saturated carbocycles. The van der Waals surface area contributed by atoms with Crippen LogP contribution < -0.4 is 9.47 Å². The summed E-state index contributed by atoms with van der Waals surface area (Å²) in [5.41, 5.74) is -0.156. The van der Waals surface area contributed by atoms with Gasteiger partial charge in [-0.15, -0.1) is 0 Å². The third kappa shape index (κ3) is 4.11. The van der Waals surface area contributed by atoms with Crippen LogP contribution >= 0.6 is 0 Å². The molecule has 1 N–H and O–H groups in total. The van der Waals surface area contributed by atoms with Crippen molar-refractivity contribution in [1.82, 2.24) is 4.90 Å². The Morgan fingerprint density at radius 3 is 2.11 bits per heavy atom. The normalized spacial score (nSPS) is 15.7. The van der Waals surface area contributed by atoms with E-state index in [1.807, 2.05) is 49.4 Å². The topological polar surface area (TPSA) is 76.1 Å². The molecule has 1 amide bonds. The van der Waals surface area contributed by atoms with Crippen molar-refractivity contribution in [3.05, 3.63) is 60.2 Å². The van der Waals surface area contributed by atoms with E-state index in [1.165, 1.54) is 0 Å². The predicted molar refractivity (Wildman–Crippen MR) is 105 cm³/mol. The first-order valence-electron chi connectivity index (χ1n) is 9.48. The van der Waals surface area contributed by atoms with Gasteiger partial charge in [-0.2, -0.15) is 0 Å². The van der Waals surface area contributed by atoms with Crippen LogP contribution in [0.25, 0.3) is 0 Å². The second-order valence-corrected chi connectivity index (χ2v) is 6.80. The zero-order valence-corrected chi connectivity index (χ0v) is 16.0. The van der Waals surface area contributed by atoms with E-state index in [4.69, 9.17) is 9.47 Å². The largest absolute Gasteiger partial charge is 0.490 e. The van der Waals surface area contributed by atoms with Crippen molar-refractivity contribution < 1.29 is 24.2 Å². The SMILES string of the molecule is CCOc1ccccc1OCC(=O)N1CCC(C(=O)O)(c2ccccc2)CC1. The van der Waals surface area contributed by atoms with Crippen molar-refractivity contribution in [2.24, 2.45) is 0 Å². The maximum atomic E-state index is 12.6. The van der Waals surface area contributed by atoms with Gasteiger partial charge in [-0.25, -0.2) is 0 Å². The number of hydrogen-bond acceptors (Lipinski definition) is 4. The number of carboxylic acid groups (broad SMARTS) is 1. The summed E-state index contributed by atoms with van der Waals surface area (Å²) in [4.78, 5) is 26.3. The molecule has 0 bridgehead atoms. The van der Waals surface area contributed by atoms with Gasteiger partial charge >= 0.3 is 5.97 Å². The summed E-state index contributed by atoms with van der Waals surface area (Å²) in [6.45, 7) is 3.07.